The van der Waals surface area contributed by atoms with Gasteiger partial charge in [-0.1, -0.05) is 89.9 Å². The predicted molar refractivity (Wildman–Crippen MR) is 114 cm³/mol. The third-order valence-electron chi connectivity index (χ3n) is 4.33. The lowest BCUT2D eigenvalue weighted by molar-refractivity contribution is 0.0963. The van der Waals surface area contributed by atoms with E-state index in [0.29, 0.717) is 21.2 Å². The maximum Gasteiger partial charge on any atom is 0.407 e. The zero-order valence-corrected chi connectivity index (χ0v) is 17.0. The fraction of sp³-hybridized carbons (Fsp3) is 0.130. The Morgan fingerprint density at radius 3 is 2.21 bits per heavy atom. The molecule has 0 bridgehead atoms. The zero-order valence-electron chi connectivity index (χ0n) is 15.5. The molecule has 3 aromatic carbocycles. The Hall–Kier alpha value is -2.82. The molecule has 1 atom stereocenters. The van der Waals surface area contributed by atoms with Gasteiger partial charge >= 0.3 is 6.09 Å². The molecule has 0 aliphatic carbocycles. The summed E-state index contributed by atoms with van der Waals surface area (Å²) in [4.78, 5) is 25.1. The molecule has 3 aromatic rings. The Morgan fingerprint density at radius 2 is 1.55 bits per heavy atom. The summed E-state index contributed by atoms with van der Waals surface area (Å²) in [6.07, 6.45) is -0.600. The lowest BCUT2D eigenvalue weighted by Crippen LogP contribution is -2.31. The molecular weight excluding hydrogens is 409 g/mol. The second-order valence-corrected chi connectivity index (χ2v) is 7.26. The van der Waals surface area contributed by atoms with Gasteiger partial charge in [-0.05, 0) is 23.3 Å². The molecule has 0 fully saturated rings. The number of hydrogen-bond acceptors (Lipinski definition) is 3. The van der Waals surface area contributed by atoms with Crippen LogP contribution in [-0.2, 0) is 11.3 Å². The van der Waals surface area contributed by atoms with E-state index in [4.69, 9.17) is 27.9 Å². The van der Waals surface area contributed by atoms with Gasteiger partial charge in [-0.3, -0.25) is 4.79 Å². The van der Waals surface area contributed by atoms with Crippen molar-refractivity contribution in [1.82, 2.24) is 5.32 Å². The maximum absolute atomic E-state index is 12.7. The number of nitrogens with one attached hydrogen (secondary N) is 1. The maximum atomic E-state index is 12.7. The second kappa shape index (κ2) is 10.1. The molecule has 1 unspecified atom stereocenters. The van der Waals surface area contributed by atoms with Crippen LogP contribution in [-0.4, -0.2) is 11.9 Å². The van der Waals surface area contributed by atoms with Crippen molar-refractivity contribution in [2.75, 3.05) is 0 Å². The summed E-state index contributed by atoms with van der Waals surface area (Å²) >= 11 is 12.3. The number of alkyl carbamates (subject to hydrolysis) is 1. The van der Waals surface area contributed by atoms with Gasteiger partial charge in [0.2, 0.25) is 0 Å². The van der Waals surface area contributed by atoms with E-state index in [1.165, 1.54) is 0 Å². The lowest BCUT2D eigenvalue weighted by Gasteiger charge is -2.20. The van der Waals surface area contributed by atoms with Crippen LogP contribution in [0.25, 0.3) is 0 Å². The fourth-order valence-electron chi connectivity index (χ4n) is 2.86. The van der Waals surface area contributed by atoms with Gasteiger partial charge in [-0.2, -0.15) is 0 Å². The number of carbonyl (C=O) groups is 2. The van der Waals surface area contributed by atoms with E-state index < -0.39 is 12.1 Å². The minimum absolute atomic E-state index is 0.0335. The first kappa shape index (κ1) is 20.9. The third-order valence-corrected chi connectivity index (χ3v) is 4.89. The Kier molecular flexibility index (Phi) is 7.28. The number of Topliss-reactive ketones (excluding diaryl/α,β-unsaturated/α-hetero) is 1. The van der Waals surface area contributed by atoms with Crippen molar-refractivity contribution in [2.24, 2.45) is 0 Å². The summed E-state index contributed by atoms with van der Waals surface area (Å²) < 4.78 is 5.30. The smallest absolute Gasteiger partial charge is 0.407 e. The largest absolute Gasteiger partial charge is 0.445 e. The molecule has 4 nitrogen and oxygen atoms in total. The Morgan fingerprint density at radius 1 is 0.897 bits per heavy atom. The SMILES string of the molecule is O=C(NC(CC(=O)c1ccccc1)c1ccc(Cl)cc1Cl)OCc1ccccc1. The number of rotatable bonds is 7. The van der Waals surface area contributed by atoms with Gasteiger partial charge in [0.1, 0.15) is 6.61 Å². The van der Waals surface area contributed by atoms with Gasteiger partial charge in [0.05, 0.1) is 6.04 Å². The Bertz CT molecular complexity index is 978. The number of ketones is 1. The summed E-state index contributed by atoms with van der Waals surface area (Å²) in [6, 6.07) is 22.5. The van der Waals surface area contributed by atoms with Gasteiger partial charge in [-0.15, -0.1) is 0 Å². The van der Waals surface area contributed by atoms with E-state index in [1.807, 2.05) is 36.4 Å². The highest BCUT2D eigenvalue weighted by Gasteiger charge is 2.22. The summed E-state index contributed by atoms with van der Waals surface area (Å²) in [6.45, 7) is 0.125. The van der Waals surface area contributed by atoms with Crippen molar-refractivity contribution in [1.29, 1.82) is 0 Å². The second-order valence-electron chi connectivity index (χ2n) is 6.42. The van der Waals surface area contributed by atoms with Crippen LogP contribution in [0.2, 0.25) is 10.0 Å². The standard InChI is InChI=1S/C23H19Cl2NO3/c24-18-11-12-19(20(25)13-18)21(14-22(27)17-9-5-2-6-10-17)26-23(28)29-15-16-7-3-1-4-8-16/h1-13,21H,14-15H2,(H,26,28). The van der Waals surface area contributed by atoms with Gasteiger partial charge in [0.25, 0.3) is 0 Å². The van der Waals surface area contributed by atoms with Crippen molar-refractivity contribution >= 4 is 35.1 Å². The normalized spacial score (nSPS) is 11.5. The Labute approximate surface area is 179 Å². The average Bonchev–Trinajstić information content (AvgIpc) is 2.73. The van der Waals surface area contributed by atoms with Crippen LogP contribution in [0, 0.1) is 0 Å². The minimum Gasteiger partial charge on any atom is -0.445 e. The van der Waals surface area contributed by atoms with Gasteiger partial charge in [-0.25, -0.2) is 4.79 Å². The molecule has 0 saturated carbocycles. The summed E-state index contributed by atoms with van der Waals surface area (Å²) in [7, 11) is 0. The van der Waals surface area contributed by atoms with E-state index in [9.17, 15) is 9.59 Å². The molecule has 0 heterocycles. The van der Waals surface area contributed by atoms with Gasteiger partial charge in [0.15, 0.2) is 5.78 Å². The van der Waals surface area contributed by atoms with Crippen molar-refractivity contribution in [3.8, 4) is 0 Å². The highest BCUT2D eigenvalue weighted by molar-refractivity contribution is 6.35. The van der Waals surface area contributed by atoms with Crippen molar-refractivity contribution < 1.29 is 14.3 Å². The lowest BCUT2D eigenvalue weighted by atomic mass is 9.98. The highest BCUT2D eigenvalue weighted by Crippen LogP contribution is 2.29. The Balaban J connectivity index is 1.75. The van der Waals surface area contributed by atoms with Crippen molar-refractivity contribution in [3.63, 3.8) is 0 Å². The molecule has 0 aliphatic heterocycles. The summed E-state index contributed by atoms with van der Waals surface area (Å²) in [5.74, 6) is -0.120. The van der Waals surface area contributed by atoms with Crippen LogP contribution < -0.4 is 5.32 Å². The average molecular weight is 428 g/mol. The number of hydrogen-bond donors (Lipinski definition) is 1. The van der Waals surface area contributed by atoms with Crippen molar-refractivity contribution in [2.45, 2.75) is 19.1 Å². The molecule has 1 amide bonds. The van der Waals surface area contributed by atoms with Gasteiger partial charge in [0, 0.05) is 22.0 Å². The topological polar surface area (TPSA) is 55.4 Å². The first-order chi connectivity index (χ1) is 14.0. The predicted octanol–water partition coefficient (Wildman–Crippen LogP) is 6.23. The van der Waals surface area contributed by atoms with Crippen LogP contribution in [0.5, 0.6) is 0 Å². The first-order valence-corrected chi connectivity index (χ1v) is 9.79. The van der Waals surface area contributed by atoms with Crippen LogP contribution in [0.15, 0.2) is 78.9 Å². The zero-order chi connectivity index (χ0) is 20.6. The number of ether oxygens (including phenoxy) is 1. The van der Waals surface area contributed by atoms with Crippen molar-refractivity contribution in [3.05, 3.63) is 106 Å². The van der Waals surface area contributed by atoms with Gasteiger partial charge < -0.3 is 10.1 Å². The molecule has 3 rings (SSSR count). The molecule has 6 heteroatoms. The number of carbonyl (C=O) groups excluding carboxylic acids is 2. The fourth-order valence-corrected chi connectivity index (χ4v) is 3.40. The van der Waals surface area contributed by atoms with E-state index in [0.717, 1.165) is 5.56 Å². The molecule has 0 spiro atoms. The first-order valence-electron chi connectivity index (χ1n) is 9.03. The number of benzene rings is 3. The molecule has 0 aromatic heterocycles. The van der Waals surface area contributed by atoms with E-state index in [2.05, 4.69) is 5.32 Å². The molecule has 0 radical (unpaired) electrons. The summed E-state index contributed by atoms with van der Waals surface area (Å²) in [5.41, 5.74) is 2.02. The van der Waals surface area contributed by atoms with Crippen LogP contribution >= 0.6 is 23.2 Å². The molecule has 0 aliphatic rings. The summed E-state index contributed by atoms with van der Waals surface area (Å²) in [5, 5.41) is 3.59. The van der Waals surface area contributed by atoms with E-state index in [-0.39, 0.29) is 18.8 Å². The number of halogens is 2. The highest BCUT2D eigenvalue weighted by atomic mass is 35.5. The van der Waals surface area contributed by atoms with E-state index in [1.54, 1.807) is 42.5 Å². The molecule has 0 saturated heterocycles. The molecule has 1 N–H and O–H groups in total. The minimum atomic E-state index is -0.657. The molecule has 148 valence electrons. The quantitative estimate of drug-likeness (QED) is 0.454. The number of amides is 1. The monoisotopic (exact) mass is 427 g/mol. The third kappa shape index (κ3) is 6.08. The van der Waals surface area contributed by atoms with E-state index >= 15 is 0 Å². The van der Waals surface area contributed by atoms with Crippen LogP contribution in [0.1, 0.15) is 33.9 Å². The molecule has 29 heavy (non-hydrogen) atoms. The van der Waals surface area contributed by atoms with Crippen LogP contribution in [0.3, 0.4) is 0 Å². The van der Waals surface area contributed by atoms with Crippen LogP contribution in [0.4, 0.5) is 4.79 Å². The molecular formula is C23H19Cl2NO3.